The Morgan fingerprint density at radius 2 is 2.09 bits per heavy atom. The molecular weight excluding hydrogens is 443 g/mol. The highest BCUT2D eigenvalue weighted by Gasteiger charge is 2.33. The highest BCUT2D eigenvalue weighted by molar-refractivity contribution is 6.32. The summed E-state index contributed by atoms with van der Waals surface area (Å²) in [6.07, 6.45) is 8.08. The van der Waals surface area contributed by atoms with E-state index in [4.69, 9.17) is 16.3 Å². The van der Waals surface area contributed by atoms with Gasteiger partial charge in [-0.15, -0.1) is 0 Å². The van der Waals surface area contributed by atoms with Crippen LogP contribution in [-0.4, -0.2) is 27.3 Å². The number of phenolic OH excluding ortho intramolecular Hbond substituents is 1. The third-order valence-electron chi connectivity index (χ3n) is 6.24. The summed E-state index contributed by atoms with van der Waals surface area (Å²) in [7, 11) is 0. The van der Waals surface area contributed by atoms with Crippen molar-refractivity contribution in [2.24, 2.45) is 0 Å². The van der Waals surface area contributed by atoms with Crippen molar-refractivity contribution in [2.75, 3.05) is 6.54 Å². The fourth-order valence-corrected chi connectivity index (χ4v) is 4.78. The van der Waals surface area contributed by atoms with E-state index >= 15 is 0 Å². The monoisotopic (exact) mass is 464 g/mol. The van der Waals surface area contributed by atoms with Crippen LogP contribution in [0.1, 0.15) is 52.4 Å². The normalized spacial score (nSPS) is 19.5. The molecule has 0 bridgehead atoms. The quantitative estimate of drug-likeness (QED) is 0.485. The molecule has 0 radical (unpaired) electrons. The Balaban J connectivity index is 1.49. The average molecular weight is 465 g/mol. The zero-order valence-corrected chi connectivity index (χ0v) is 18.6. The van der Waals surface area contributed by atoms with Crippen LogP contribution in [0.5, 0.6) is 11.5 Å². The largest absolute Gasteiger partial charge is 0.507 e. The van der Waals surface area contributed by atoms with Crippen LogP contribution in [0.2, 0.25) is 5.02 Å². The fourth-order valence-electron chi connectivity index (χ4n) is 4.56. The third-order valence-corrected chi connectivity index (χ3v) is 6.56. The zero-order chi connectivity index (χ0) is 22.9. The first-order chi connectivity index (χ1) is 16.0. The van der Waals surface area contributed by atoms with Gasteiger partial charge in [0.1, 0.15) is 17.3 Å². The average Bonchev–Trinajstić information content (AvgIpc) is 3.14. The number of likely N-dealkylation sites (tertiary alicyclic amines) is 1. The number of halogens is 2. The van der Waals surface area contributed by atoms with E-state index in [1.54, 1.807) is 12.3 Å². The van der Waals surface area contributed by atoms with Crippen LogP contribution >= 0.6 is 11.6 Å². The van der Waals surface area contributed by atoms with Gasteiger partial charge in [0.2, 0.25) is 5.78 Å². The second-order valence-electron chi connectivity index (χ2n) is 8.28. The van der Waals surface area contributed by atoms with Gasteiger partial charge >= 0.3 is 0 Å². The minimum Gasteiger partial charge on any atom is -0.507 e. The minimum absolute atomic E-state index is 0.0219. The molecule has 2 aliphatic heterocycles. The number of ketones is 1. The maximum atomic E-state index is 14.3. The van der Waals surface area contributed by atoms with Crippen molar-refractivity contribution >= 4 is 23.5 Å². The van der Waals surface area contributed by atoms with Gasteiger partial charge in [-0.1, -0.05) is 30.2 Å². The molecule has 0 aliphatic carbocycles. The minimum atomic E-state index is -0.543. The van der Waals surface area contributed by atoms with Crippen LogP contribution in [0.4, 0.5) is 4.39 Å². The Morgan fingerprint density at radius 1 is 1.21 bits per heavy atom. The number of carbonyl (C=O) groups excluding carboxylic acids is 1. The van der Waals surface area contributed by atoms with E-state index in [-0.39, 0.29) is 33.9 Å². The molecule has 0 saturated carbocycles. The molecule has 5 rings (SSSR count). The summed E-state index contributed by atoms with van der Waals surface area (Å²) in [4.78, 5) is 19.5. The Kier molecular flexibility index (Phi) is 5.87. The lowest BCUT2D eigenvalue weighted by Gasteiger charge is -2.36. The van der Waals surface area contributed by atoms with E-state index in [0.29, 0.717) is 23.4 Å². The number of benzene rings is 2. The van der Waals surface area contributed by atoms with Gasteiger partial charge in [0.25, 0.3) is 0 Å². The van der Waals surface area contributed by atoms with Crippen molar-refractivity contribution in [1.82, 2.24) is 9.88 Å². The van der Waals surface area contributed by atoms with Gasteiger partial charge < -0.3 is 9.84 Å². The summed E-state index contributed by atoms with van der Waals surface area (Å²) < 4.78 is 20.2. The molecule has 0 unspecified atom stereocenters. The molecule has 1 fully saturated rings. The van der Waals surface area contributed by atoms with E-state index < -0.39 is 5.82 Å². The fraction of sp³-hybridized carbons (Fsp3) is 0.231. The molecule has 3 aromatic rings. The molecule has 1 saturated heterocycles. The highest BCUT2D eigenvalue weighted by atomic mass is 35.5. The lowest BCUT2D eigenvalue weighted by molar-refractivity contribution is 0.101. The Bertz CT molecular complexity index is 1230. The number of nitrogens with zero attached hydrogens (tertiary/aromatic N) is 2. The van der Waals surface area contributed by atoms with E-state index in [9.17, 15) is 14.3 Å². The molecular formula is C26H22ClFN2O3. The number of phenols is 1. The standard InChI is InChI=1S/C26H22ClFN2O3/c27-20-6-3-7-21(28)18(20)13-24-25(32)17-9-10-23(31)19(26(17)33-24)15-30-12-2-1-8-22(30)16-5-4-11-29-14-16/h3-7,9-11,13-14,22,31H,1-2,8,12,15H2/b24-13-/t22-/m0/s1. The van der Waals surface area contributed by atoms with E-state index in [1.807, 2.05) is 12.3 Å². The molecule has 0 spiro atoms. The van der Waals surface area contributed by atoms with Crippen LogP contribution < -0.4 is 4.74 Å². The predicted octanol–water partition coefficient (Wildman–Crippen LogP) is 5.92. The summed E-state index contributed by atoms with van der Waals surface area (Å²) in [5.74, 6) is -0.561. The van der Waals surface area contributed by atoms with Gasteiger partial charge in [-0.25, -0.2) is 4.39 Å². The van der Waals surface area contributed by atoms with Crippen molar-refractivity contribution in [1.29, 1.82) is 0 Å². The molecule has 3 heterocycles. The summed E-state index contributed by atoms with van der Waals surface area (Å²) in [6, 6.07) is 11.5. The number of pyridine rings is 1. The summed E-state index contributed by atoms with van der Waals surface area (Å²) >= 11 is 6.12. The number of aromatic nitrogens is 1. The number of allylic oxidation sites excluding steroid dienone is 1. The Labute approximate surface area is 196 Å². The van der Waals surface area contributed by atoms with Crippen LogP contribution in [-0.2, 0) is 6.54 Å². The lowest BCUT2D eigenvalue weighted by atomic mass is 9.95. The third kappa shape index (κ3) is 4.12. The number of carbonyl (C=O) groups is 1. The first kappa shape index (κ1) is 21.6. The molecule has 2 aromatic carbocycles. The van der Waals surface area contributed by atoms with E-state index in [0.717, 1.165) is 31.4 Å². The number of ether oxygens (including phenoxy) is 1. The number of hydrogen-bond donors (Lipinski definition) is 1. The van der Waals surface area contributed by atoms with Crippen LogP contribution in [0, 0.1) is 5.82 Å². The zero-order valence-electron chi connectivity index (χ0n) is 17.8. The van der Waals surface area contributed by atoms with Crippen LogP contribution in [0.3, 0.4) is 0 Å². The number of hydrogen-bond acceptors (Lipinski definition) is 5. The van der Waals surface area contributed by atoms with Crippen LogP contribution in [0.25, 0.3) is 6.08 Å². The maximum absolute atomic E-state index is 14.3. The summed E-state index contributed by atoms with van der Waals surface area (Å²) in [5, 5.41) is 10.9. The first-order valence-corrected chi connectivity index (χ1v) is 11.3. The lowest BCUT2D eigenvalue weighted by Crippen LogP contribution is -2.33. The molecule has 168 valence electrons. The smallest absolute Gasteiger partial charge is 0.231 e. The van der Waals surface area contributed by atoms with Crippen molar-refractivity contribution in [3.05, 3.63) is 93.7 Å². The number of piperidine rings is 1. The van der Waals surface area contributed by atoms with Crippen molar-refractivity contribution in [3.63, 3.8) is 0 Å². The van der Waals surface area contributed by atoms with Gasteiger partial charge in [0, 0.05) is 30.5 Å². The van der Waals surface area contributed by atoms with Crippen LogP contribution in [0.15, 0.2) is 60.6 Å². The molecule has 1 N–H and O–H groups in total. The second kappa shape index (κ2) is 8.96. The van der Waals surface area contributed by atoms with Gasteiger partial charge in [0.05, 0.1) is 16.1 Å². The number of Topliss-reactive ketones (excluding diaryl/α,β-unsaturated/α-hetero) is 1. The summed E-state index contributed by atoms with van der Waals surface area (Å²) in [6.45, 7) is 1.26. The van der Waals surface area contributed by atoms with Crippen molar-refractivity contribution < 1.29 is 19.0 Å². The summed E-state index contributed by atoms with van der Waals surface area (Å²) in [5.41, 5.74) is 2.10. The Morgan fingerprint density at radius 3 is 2.88 bits per heavy atom. The first-order valence-electron chi connectivity index (χ1n) is 10.9. The molecule has 5 nitrogen and oxygen atoms in total. The van der Waals surface area contributed by atoms with E-state index in [2.05, 4.69) is 16.0 Å². The number of rotatable bonds is 4. The topological polar surface area (TPSA) is 62.7 Å². The highest BCUT2D eigenvalue weighted by Crippen LogP contribution is 2.42. The molecule has 2 aliphatic rings. The van der Waals surface area contributed by atoms with Crippen molar-refractivity contribution in [3.8, 4) is 11.5 Å². The number of aromatic hydroxyl groups is 1. The molecule has 33 heavy (non-hydrogen) atoms. The molecule has 7 heteroatoms. The Hall–Kier alpha value is -3.22. The van der Waals surface area contributed by atoms with Gasteiger partial charge in [0.15, 0.2) is 5.76 Å². The van der Waals surface area contributed by atoms with Gasteiger partial charge in [-0.05, 0) is 61.4 Å². The second-order valence-corrected chi connectivity index (χ2v) is 8.69. The molecule has 0 amide bonds. The predicted molar refractivity (Wildman–Crippen MR) is 124 cm³/mol. The SMILES string of the molecule is O=C1/C(=C/c2c(F)cccc2Cl)Oc2c1ccc(O)c2CN1CCCC[C@H]1c1cccnc1. The van der Waals surface area contributed by atoms with E-state index in [1.165, 1.54) is 30.3 Å². The molecule has 1 aromatic heterocycles. The maximum Gasteiger partial charge on any atom is 0.231 e. The molecule has 1 atom stereocenters. The van der Waals surface area contributed by atoms with Gasteiger partial charge in [-0.3, -0.25) is 14.7 Å². The van der Waals surface area contributed by atoms with Gasteiger partial charge in [-0.2, -0.15) is 0 Å². The number of fused-ring (bicyclic) bond motifs is 1. The van der Waals surface area contributed by atoms with Crippen molar-refractivity contribution in [2.45, 2.75) is 31.8 Å².